The maximum absolute atomic E-state index is 10.6. The molecule has 0 radical (unpaired) electrons. The SMILES string of the molecule is CCCCCCCCCCCCCC(OC)OS(=O)(=O)O. The van der Waals surface area contributed by atoms with Crippen LogP contribution in [0.1, 0.15) is 84.0 Å². The van der Waals surface area contributed by atoms with Crippen LogP contribution in [0.25, 0.3) is 0 Å². The number of hydrogen-bond donors (Lipinski definition) is 1. The Morgan fingerprint density at radius 1 is 0.857 bits per heavy atom. The molecule has 21 heavy (non-hydrogen) atoms. The van der Waals surface area contributed by atoms with Gasteiger partial charge < -0.3 is 4.74 Å². The van der Waals surface area contributed by atoms with Gasteiger partial charge in [-0.05, 0) is 12.8 Å². The number of hydrogen-bond acceptors (Lipinski definition) is 4. The molecule has 1 atom stereocenters. The van der Waals surface area contributed by atoms with E-state index in [1.54, 1.807) is 0 Å². The molecular weight excluding hydrogens is 292 g/mol. The van der Waals surface area contributed by atoms with Crippen LogP contribution in [0.5, 0.6) is 0 Å². The smallest absolute Gasteiger partial charge is 0.355 e. The van der Waals surface area contributed by atoms with Gasteiger partial charge in [-0.2, -0.15) is 8.42 Å². The molecule has 0 aromatic rings. The Balaban J connectivity index is 3.35. The molecule has 128 valence electrons. The van der Waals surface area contributed by atoms with Crippen molar-refractivity contribution in [1.29, 1.82) is 0 Å². The Kier molecular flexibility index (Phi) is 13.4. The lowest BCUT2D eigenvalue weighted by Gasteiger charge is -2.13. The average molecular weight is 324 g/mol. The zero-order valence-electron chi connectivity index (χ0n) is 13.6. The summed E-state index contributed by atoms with van der Waals surface area (Å²) in [6.45, 7) is 2.23. The third-order valence-electron chi connectivity index (χ3n) is 3.54. The zero-order valence-corrected chi connectivity index (χ0v) is 14.4. The van der Waals surface area contributed by atoms with Gasteiger partial charge in [0, 0.05) is 7.11 Å². The van der Waals surface area contributed by atoms with Gasteiger partial charge in [-0.1, -0.05) is 71.1 Å². The van der Waals surface area contributed by atoms with Crippen LogP contribution < -0.4 is 0 Å². The Labute approximate surface area is 130 Å². The highest BCUT2D eigenvalue weighted by atomic mass is 32.3. The van der Waals surface area contributed by atoms with Crippen molar-refractivity contribution < 1.29 is 21.9 Å². The topological polar surface area (TPSA) is 72.8 Å². The first kappa shape index (κ1) is 20.8. The fraction of sp³-hybridized carbons (Fsp3) is 1.00. The van der Waals surface area contributed by atoms with Crippen molar-refractivity contribution in [2.24, 2.45) is 0 Å². The summed E-state index contributed by atoms with van der Waals surface area (Å²) in [4.78, 5) is 0. The Hall–Kier alpha value is -0.170. The lowest BCUT2D eigenvalue weighted by atomic mass is 10.1. The molecule has 0 aromatic carbocycles. The van der Waals surface area contributed by atoms with Gasteiger partial charge in [0.15, 0.2) is 6.29 Å². The number of methoxy groups -OCH3 is 1. The van der Waals surface area contributed by atoms with Crippen molar-refractivity contribution in [1.82, 2.24) is 0 Å². The Morgan fingerprint density at radius 3 is 1.67 bits per heavy atom. The van der Waals surface area contributed by atoms with E-state index in [1.165, 1.54) is 58.5 Å². The minimum Gasteiger partial charge on any atom is -0.355 e. The summed E-state index contributed by atoms with van der Waals surface area (Å²) in [6, 6.07) is 0. The molecular formula is C15H32O5S. The lowest BCUT2D eigenvalue weighted by Crippen LogP contribution is -2.19. The minimum atomic E-state index is -4.42. The van der Waals surface area contributed by atoms with Crippen LogP contribution in [0, 0.1) is 0 Å². The molecule has 0 aliphatic heterocycles. The molecule has 0 rings (SSSR count). The van der Waals surface area contributed by atoms with Crippen LogP contribution in [0.2, 0.25) is 0 Å². The van der Waals surface area contributed by atoms with Gasteiger partial charge in [-0.25, -0.2) is 4.18 Å². The molecule has 0 aliphatic carbocycles. The summed E-state index contributed by atoms with van der Waals surface area (Å²) in [7, 11) is -3.06. The molecule has 0 bridgehead atoms. The summed E-state index contributed by atoms with van der Waals surface area (Å²) >= 11 is 0. The zero-order chi connectivity index (χ0) is 16.0. The predicted octanol–water partition coefficient (Wildman–Crippen LogP) is 4.48. The van der Waals surface area contributed by atoms with Crippen molar-refractivity contribution in [3.63, 3.8) is 0 Å². The van der Waals surface area contributed by atoms with Crippen LogP contribution in [-0.2, 0) is 19.3 Å². The van der Waals surface area contributed by atoms with Crippen LogP contribution in [-0.4, -0.2) is 26.4 Å². The number of rotatable bonds is 15. The van der Waals surface area contributed by atoms with E-state index in [1.807, 2.05) is 0 Å². The lowest BCUT2D eigenvalue weighted by molar-refractivity contribution is -0.0609. The fourth-order valence-corrected chi connectivity index (χ4v) is 2.76. The molecule has 0 fully saturated rings. The number of ether oxygens (including phenoxy) is 1. The first-order chi connectivity index (χ1) is 9.99. The van der Waals surface area contributed by atoms with Crippen LogP contribution in [0.4, 0.5) is 0 Å². The third kappa shape index (κ3) is 16.0. The normalized spacial score (nSPS) is 13.5. The minimum absolute atomic E-state index is 0.479. The predicted molar refractivity (Wildman–Crippen MR) is 84.5 cm³/mol. The molecule has 0 spiro atoms. The van der Waals surface area contributed by atoms with Gasteiger partial charge >= 0.3 is 10.4 Å². The van der Waals surface area contributed by atoms with E-state index in [4.69, 9.17) is 9.29 Å². The van der Waals surface area contributed by atoms with Gasteiger partial charge in [0.1, 0.15) is 0 Å². The highest BCUT2D eigenvalue weighted by Gasteiger charge is 2.15. The highest BCUT2D eigenvalue weighted by Crippen LogP contribution is 2.14. The fourth-order valence-electron chi connectivity index (χ4n) is 2.32. The molecule has 0 saturated carbocycles. The molecule has 0 aliphatic rings. The second-order valence-corrected chi connectivity index (χ2v) is 6.56. The Bertz CT molecular complexity index is 316. The van der Waals surface area contributed by atoms with Crippen molar-refractivity contribution in [3.05, 3.63) is 0 Å². The van der Waals surface area contributed by atoms with E-state index < -0.39 is 16.7 Å². The molecule has 5 nitrogen and oxygen atoms in total. The monoisotopic (exact) mass is 324 g/mol. The van der Waals surface area contributed by atoms with Gasteiger partial charge in [0.2, 0.25) is 0 Å². The molecule has 0 amide bonds. The van der Waals surface area contributed by atoms with Crippen molar-refractivity contribution >= 4 is 10.4 Å². The second kappa shape index (κ2) is 13.5. The largest absolute Gasteiger partial charge is 0.399 e. The van der Waals surface area contributed by atoms with E-state index in [2.05, 4.69) is 11.1 Å². The van der Waals surface area contributed by atoms with Gasteiger partial charge in [0.25, 0.3) is 0 Å². The maximum Gasteiger partial charge on any atom is 0.399 e. The average Bonchev–Trinajstić information content (AvgIpc) is 2.42. The molecule has 0 heterocycles. The first-order valence-electron chi connectivity index (χ1n) is 8.18. The van der Waals surface area contributed by atoms with Crippen molar-refractivity contribution in [2.45, 2.75) is 90.3 Å². The van der Waals surface area contributed by atoms with E-state index >= 15 is 0 Å². The summed E-state index contributed by atoms with van der Waals surface area (Å²) in [5.74, 6) is 0. The highest BCUT2D eigenvalue weighted by molar-refractivity contribution is 7.80. The van der Waals surface area contributed by atoms with E-state index in [9.17, 15) is 8.42 Å². The molecule has 1 N–H and O–H groups in total. The standard InChI is InChI=1S/C15H32O5S/c1-3-4-5-6-7-8-9-10-11-12-13-14-15(19-2)20-21(16,17)18/h15H,3-14H2,1-2H3,(H,16,17,18). The van der Waals surface area contributed by atoms with E-state index in [0.717, 1.165) is 19.3 Å². The van der Waals surface area contributed by atoms with Gasteiger partial charge in [-0.3, -0.25) is 4.55 Å². The molecule has 0 saturated heterocycles. The van der Waals surface area contributed by atoms with Gasteiger partial charge in [0.05, 0.1) is 0 Å². The molecule has 0 aromatic heterocycles. The van der Waals surface area contributed by atoms with Crippen LogP contribution >= 0.6 is 0 Å². The molecule has 6 heteroatoms. The summed E-state index contributed by atoms with van der Waals surface area (Å²) in [6.07, 6.45) is 13.2. The quantitative estimate of drug-likeness (QED) is 0.273. The van der Waals surface area contributed by atoms with E-state index in [0.29, 0.717) is 6.42 Å². The van der Waals surface area contributed by atoms with Gasteiger partial charge in [-0.15, -0.1) is 0 Å². The van der Waals surface area contributed by atoms with Crippen molar-refractivity contribution in [2.75, 3.05) is 7.11 Å². The van der Waals surface area contributed by atoms with E-state index in [-0.39, 0.29) is 0 Å². The van der Waals surface area contributed by atoms with Crippen LogP contribution in [0.3, 0.4) is 0 Å². The number of unbranched alkanes of at least 4 members (excludes halogenated alkanes) is 10. The summed E-state index contributed by atoms with van der Waals surface area (Å²) < 4.78 is 38.9. The van der Waals surface area contributed by atoms with Crippen LogP contribution in [0.15, 0.2) is 0 Å². The second-order valence-electron chi connectivity index (χ2n) is 5.51. The Morgan fingerprint density at radius 2 is 1.29 bits per heavy atom. The summed E-state index contributed by atoms with van der Waals surface area (Å²) in [5.41, 5.74) is 0. The maximum atomic E-state index is 10.6. The first-order valence-corrected chi connectivity index (χ1v) is 9.54. The van der Waals surface area contributed by atoms with Crippen molar-refractivity contribution in [3.8, 4) is 0 Å². The summed E-state index contributed by atoms with van der Waals surface area (Å²) in [5, 5.41) is 0. The molecule has 1 unspecified atom stereocenters. The third-order valence-corrected chi connectivity index (χ3v) is 3.99.